The lowest BCUT2D eigenvalue weighted by Gasteiger charge is -2.16. The summed E-state index contributed by atoms with van der Waals surface area (Å²) < 4.78 is 0. The quantitative estimate of drug-likeness (QED) is 0.402. The summed E-state index contributed by atoms with van der Waals surface area (Å²) in [7, 11) is 0. The minimum Gasteiger partial charge on any atom is -0.479 e. The standard InChI is InChI=1S/C11H21N3O5/c1-6(2)4-12-9(16)7(3)14-11(19)13-5-8(15)10(17)18/h6-8,15H,4-5H2,1-3H3,(H,12,16)(H,17,18)(H2,13,14,19)/t7?,8-/m0/s1. The molecule has 8 nitrogen and oxygen atoms in total. The molecule has 2 atom stereocenters. The monoisotopic (exact) mass is 275 g/mol. The zero-order chi connectivity index (χ0) is 15.0. The maximum Gasteiger partial charge on any atom is 0.334 e. The van der Waals surface area contributed by atoms with Gasteiger partial charge in [-0.25, -0.2) is 9.59 Å². The third kappa shape index (κ3) is 7.98. The Bertz CT molecular complexity index is 332. The normalized spacial score (nSPS) is 13.5. The lowest BCUT2D eigenvalue weighted by molar-refractivity contribution is -0.146. The lowest BCUT2D eigenvalue weighted by Crippen LogP contribution is -2.50. The highest BCUT2D eigenvalue weighted by Crippen LogP contribution is 1.89. The molecule has 3 amide bonds. The molecule has 0 fully saturated rings. The Morgan fingerprint density at radius 2 is 1.63 bits per heavy atom. The van der Waals surface area contributed by atoms with Crippen molar-refractivity contribution in [3.05, 3.63) is 0 Å². The predicted molar refractivity (Wildman–Crippen MR) is 67.5 cm³/mol. The maximum atomic E-state index is 11.5. The largest absolute Gasteiger partial charge is 0.479 e. The molecule has 0 rings (SSSR count). The van der Waals surface area contributed by atoms with Gasteiger partial charge in [-0.3, -0.25) is 4.79 Å². The third-order valence-corrected chi connectivity index (χ3v) is 2.17. The van der Waals surface area contributed by atoms with Crippen LogP contribution in [0, 0.1) is 5.92 Å². The molecular weight excluding hydrogens is 254 g/mol. The molecule has 0 spiro atoms. The van der Waals surface area contributed by atoms with Crippen LogP contribution in [0.3, 0.4) is 0 Å². The smallest absolute Gasteiger partial charge is 0.334 e. The molecule has 0 aromatic rings. The average molecular weight is 275 g/mol. The van der Waals surface area contributed by atoms with Crippen LogP contribution in [0.25, 0.3) is 0 Å². The summed E-state index contributed by atoms with van der Waals surface area (Å²) in [6, 6.07) is -1.46. The molecule has 0 radical (unpaired) electrons. The fourth-order valence-corrected chi connectivity index (χ4v) is 1.05. The van der Waals surface area contributed by atoms with Gasteiger partial charge in [0.15, 0.2) is 6.10 Å². The molecule has 0 aromatic heterocycles. The van der Waals surface area contributed by atoms with Crippen LogP contribution in [0.2, 0.25) is 0 Å². The Hall–Kier alpha value is -1.83. The molecule has 110 valence electrons. The summed E-state index contributed by atoms with van der Waals surface area (Å²) in [4.78, 5) is 33.2. The van der Waals surface area contributed by atoms with Crippen molar-refractivity contribution in [3.8, 4) is 0 Å². The van der Waals surface area contributed by atoms with Crippen molar-refractivity contribution in [3.63, 3.8) is 0 Å². The number of hydrogen-bond donors (Lipinski definition) is 5. The van der Waals surface area contributed by atoms with E-state index in [-0.39, 0.29) is 5.91 Å². The molecule has 5 N–H and O–H groups in total. The number of aliphatic hydroxyl groups is 1. The van der Waals surface area contributed by atoms with Crippen molar-refractivity contribution >= 4 is 17.9 Å². The van der Waals surface area contributed by atoms with Gasteiger partial charge in [0.25, 0.3) is 0 Å². The van der Waals surface area contributed by atoms with Crippen molar-refractivity contribution in [2.75, 3.05) is 13.1 Å². The Labute approximate surface area is 111 Å². The number of urea groups is 1. The number of aliphatic carboxylic acids is 1. The molecule has 0 saturated heterocycles. The van der Waals surface area contributed by atoms with E-state index in [0.717, 1.165) is 0 Å². The van der Waals surface area contributed by atoms with Crippen LogP contribution in [0.5, 0.6) is 0 Å². The van der Waals surface area contributed by atoms with Gasteiger partial charge >= 0.3 is 12.0 Å². The Balaban J connectivity index is 3.98. The van der Waals surface area contributed by atoms with Crippen molar-refractivity contribution in [2.45, 2.75) is 32.9 Å². The van der Waals surface area contributed by atoms with E-state index in [1.807, 2.05) is 13.8 Å². The molecule has 0 heterocycles. The van der Waals surface area contributed by atoms with Crippen LogP contribution in [0.4, 0.5) is 4.79 Å². The highest BCUT2D eigenvalue weighted by molar-refractivity contribution is 5.86. The van der Waals surface area contributed by atoms with Gasteiger partial charge in [-0.05, 0) is 12.8 Å². The molecule has 0 aliphatic heterocycles. The summed E-state index contributed by atoms with van der Waals surface area (Å²) in [5.41, 5.74) is 0. The first-order valence-electron chi connectivity index (χ1n) is 5.97. The molecule has 0 aromatic carbocycles. The van der Waals surface area contributed by atoms with Crippen LogP contribution in [0.1, 0.15) is 20.8 Å². The number of carbonyl (C=O) groups excluding carboxylic acids is 2. The van der Waals surface area contributed by atoms with E-state index in [4.69, 9.17) is 10.2 Å². The van der Waals surface area contributed by atoms with Crippen molar-refractivity contribution in [1.82, 2.24) is 16.0 Å². The number of hydrogen-bond acceptors (Lipinski definition) is 4. The Morgan fingerprint density at radius 3 is 2.11 bits per heavy atom. The predicted octanol–water partition coefficient (Wildman–Crippen LogP) is -1.11. The molecule has 19 heavy (non-hydrogen) atoms. The molecule has 1 unspecified atom stereocenters. The molecule has 0 aliphatic carbocycles. The van der Waals surface area contributed by atoms with Crippen LogP contribution in [0.15, 0.2) is 0 Å². The second-order valence-corrected chi connectivity index (χ2v) is 4.57. The summed E-state index contributed by atoms with van der Waals surface area (Å²) in [6.45, 7) is 5.46. The van der Waals surface area contributed by atoms with E-state index in [1.54, 1.807) is 0 Å². The molecule has 0 saturated carbocycles. The fraction of sp³-hybridized carbons (Fsp3) is 0.727. The van der Waals surface area contributed by atoms with E-state index >= 15 is 0 Å². The first-order chi connectivity index (χ1) is 8.73. The maximum absolute atomic E-state index is 11.5. The minimum absolute atomic E-state index is 0.302. The Morgan fingerprint density at radius 1 is 1.05 bits per heavy atom. The lowest BCUT2D eigenvalue weighted by atomic mass is 10.2. The number of aliphatic hydroxyl groups excluding tert-OH is 1. The van der Waals surface area contributed by atoms with Crippen LogP contribution >= 0.6 is 0 Å². The number of amides is 3. The van der Waals surface area contributed by atoms with E-state index in [1.165, 1.54) is 6.92 Å². The van der Waals surface area contributed by atoms with Crippen molar-refractivity contribution in [2.24, 2.45) is 5.92 Å². The molecule has 0 bridgehead atoms. The van der Waals surface area contributed by atoms with E-state index < -0.39 is 30.7 Å². The zero-order valence-electron chi connectivity index (χ0n) is 11.3. The highest BCUT2D eigenvalue weighted by Gasteiger charge is 2.17. The summed E-state index contributed by atoms with van der Waals surface area (Å²) in [5, 5.41) is 24.5. The average Bonchev–Trinajstić information content (AvgIpc) is 2.32. The number of nitrogens with one attached hydrogen (secondary N) is 3. The summed E-state index contributed by atoms with van der Waals surface area (Å²) in [5.74, 6) is -1.46. The van der Waals surface area contributed by atoms with E-state index in [2.05, 4.69) is 16.0 Å². The zero-order valence-corrected chi connectivity index (χ0v) is 11.3. The third-order valence-electron chi connectivity index (χ3n) is 2.17. The molecule has 8 heteroatoms. The highest BCUT2D eigenvalue weighted by atomic mass is 16.4. The van der Waals surface area contributed by atoms with Gasteiger partial charge in [0.05, 0.1) is 6.54 Å². The van der Waals surface area contributed by atoms with Gasteiger partial charge in [-0.2, -0.15) is 0 Å². The number of carboxylic acid groups (broad SMARTS) is 1. The topological polar surface area (TPSA) is 128 Å². The Kier molecular flexibility index (Phi) is 7.50. The van der Waals surface area contributed by atoms with Gasteiger partial charge < -0.3 is 26.2 Å². The molecule has 0 aliphatic rings. The van der Waals surface area contributed by atoms with Gasteiger partial charge in [0.2, 0.25) is 5.91 Å². The van der Waals surface area contributed by atoms with Gasteiger partial charge in [0.1, 0.15) is 6.04 Å². The van der Waals surface area contributed by atoms with Crippen molar-refractivity contribution < 1.29 is 24.6 Å². The van der Waals surface area contributed by atoms with Gasteiger partial charge in [-0.15, -0.1) is 0 Å². The number of carbonyl (C=O) groups is 3. The summed E-state index contributed by atoms with van der Waals surface area (Å²) >= 11 is 0. The first kappa shape index (κ1) is 17.2. The van der Waals surface area contributed by atoms with Crippen LogP contribution < -0.4 is 16.0 Å². The van der Waals surface area contributed by atoms with Gasteiger partial charge in [0, 0.05) is 6.54 Å². The first-order valence-corrected chi connectivity index (χ1v) is 5.97. The van der Waals surface area contributed by atoms with E-state index in [9.17, 15) is 14.4 Å². The number of rotatable bonds is 7. The van der Waals surface area contributed by atoms with Crippen LogP contribution in [-0.2, 0) is 9.59 Å². The minimum atomic E-state index is -1.67. The SMILES string of the molecule is CC(C)CNC(=O)C(C)NC(=O)NC[C@H](O)C(=O)O. The summed E-state index contributed by atoms with van der Waals surface area (Å²) in [6.07, 6.45) is -1.67. The van der Waals surface area contributed by atoms with E-state index in [0.29, 0.717) is 12.5 Å². The van der Waals surface area contributed by atoms with Gasteiger partial charge in [-0.1, -0.05) is 13.8 Å². The number of carboxylic acids is 1. The van der Waals surface area contributed by atoms with Crippen molar-refractivity contribution in [1.29, 1.82) is 0 Å². The van der Waals surface area contributed by atoms with Crippen LogP contribution in [-0.4, -0.2) is 53.4 Å². The second-order valence-electron chi connectivity index (χ2n) is 4.57. The molecular formula is C11H21N3O5. The second kappa shape index (κ2) is 8.30. The fourth-order valence-electron chi connectivity index (χ4n) is 1.05.